The summed E-state index contributed by atoms with van der Waals surface area (Å²) in [6.45, 7) is 5.67. The Kier molecular flexibility index (Phi) is 4.66. The lowest BCUT2D eigenvalue weighted by Gasteiger charge is -2.33. The van der Waals surface area contributed by atoms with Crippen molar-refractivity contribution in [3.05, 3.63) is 46.0 Å². The molecule has 1 fully saturated rings. The fraction of sp³-hybridized carbons (Fsp3) is 0.444. The van der Waals surface area contributed by atoms with Crippen molar-refractivity contribution in [3.8, 4) is 0 Å². The molecule has 122 valence electrons. The maximum Gasteiger partial charge on any atom is 0.265 e. The molecule has 1 N–H and O–H groups in total. The van der Waals surface area contributed by atoms with Gasteiger partial charge in [-0.1, -0.05) is 41.2 Å². The number of rotatable bonds is 3. The van der Waals surface area contributed by atoms with Crippen LogP contribution in [0.5, 0.6) is 0 Å². The molecule has 5 heteroatoms. The van der Waals surface area contributed by atoms with Crippen molar-refractivity contribution in [2.24, 2.45) is 0 Å². The number of hydrogen-bond donors (Lipinski definition) is 1. The zero-order valence-electron chi connectivity index (χ0n) is 13.9. The molecule has 1 aromatic carbocycles. The van der Waals surface area contributed by atoms with E-state index < -0.39 is 0 Å². The van der Waals surface area contributed by atoms with Crippen molar-refractivity contribution in [3.63, 3.8) is 0 Å². The Bertz CT molecular complexity index is 710. The Morgan fingerprint density at radius 1 is 1.39 bits per heavy atom. The van der Waals surface area contributed by atoms with Crippen LogP contribution in [-0.4, -0.2) is 35.9 Å². The molecule has 0 radical (unpaired) electrons. The second-order valence-electron chi connectivity index (χ2n) is 6.19. The monoisotopic (exact) mass is 329 g/mol. The number of hydrogen-bond acceptors (Lipinski definition) is 4. The number of nitrogens with zero attached hydrogens (tertiary/aromatic N) is 2. The van der Waals surface area contributed by atoms with E-state index >= 15 is 0 Å². The zero-order chi connectivity index (χ0) is 16.4. The van der Waals surface area contributed by atoms with Gasteiger partial charge in [-0.15, -0.1) is 0 Å². The molecule has 2 aromatic rings. The minimum atomic E-state index is 0.124. The molecule has 0 aliphatic carbocycles. The second-order valence-corrected chi connectivity index (χ2v) is 7.19. The van der Waals surface area contributed by atoms with E-state index in [0.717, 1.165) is 41.6 Å². The number of carbonyl (C=O) groups excluding carboxylic acids is 1. The van der Waals surface area contributed by atoms with Gasteiger partial charge in [-0.05, 0) is 32.3 Å². The van der Waals surface area contributed by atoms with Crippen molar-refractivity contribution in [2.45, 2.75) is 32.6 Å². The van der Waals surface area contributed by atoms with E-state index in [2.05, 4.69) is 41.5 Å². The average Bonchev–Trinajstić information content (AvgIpc) is 2.95. The molecule has 1 aliphatic heterocycles. The van der Waals surface area contributed by atoms with Gasteiger partial charge in [-0.3, -0.25) is 4.79 Å². The Labute approximate surface area is 141 Å². The molecule has 4 nitrogen and oxygen atoms in total. The number of anilines is 1. The number of carbonyl (C=O) groups is 1. The van der Waals surface area contributed by atoms with Gasteiger partial charge in [-0.2, -0.15) is 0 Å². The van der Waals surface area contributed by atoms with Crippen LogP contribution in [0.15, 0.2) is 24.3 Å². The van der Waals surface area contributed by atoms with Crippen LogP contribution < -0.4 is 5.32 Å². The van der Waals surface area contributed by atoms with Gasteiger partial charge >= 0.3 is 0 Å². The lowest BCUT2D eigenvalue weighted by Crippen LogP contribution is -2.39. The van der Waals surface area contributed by atoms with Crippen LogP contribution in [0.25, 0.3) is 0 Å². The molecule has 2 heterocycles. The maximum atomic E-state index is 12.9. The van der Waals surface area contributed by atoms with Gasteiger partial charge in [-0.25, -0.2) is 4.98 Å². The lowest BCUT2D eigenvalue weighted by molar-refractivity contribution is 0.0711. The first-order valence-electron chi connectivity index (χ1n) is 8.09. The van der Waals surface area contributed by atoms with E-state index in [1.165, 1.54) is 22.5 Å². The SMILES string of the molecule is CNc1nc(C)c(C(=O)N2CCCC(c3cccc(C)c3)C2)s1. The number of nitrogens with one attached hydrogen (secondary N) is 1. The van der Waals surface area contributed by atoms with Crippen LogP contribution in [0.2, 0.25) is 0 Å². The first kappa shape index (κ1) is 16.0. The van der Waals surface area contributed by atoms with E-state index in [1.807, 2.05) is 18.9 Å². The fourth-order valence-electron chi connectivity index (χ4n) is 3.20. The molecule has 1 amide bonds. The zero-order valence-corrected chi connectivity index (χ0v) is 14.7. The molecule has 3 rings (SSSR count). The Morgan fingerprint density at radius 3 is 2.91 bits per heavy atom. The largest absolute Gasteiger partial charge is 0.365 e. The van der Waals surface area contributed by atoms with E-state index in [1.54, 1.807) is 0 Å². The molecule has 1 aromatic heterocycles. The summed E-state index contributed by atoms with van der Waals surface area (Å²) in [5.74, 6) is 0.559. The molecule has 0 spiro atoms. The third kappa shape index (κ3) is 3.39. The topological polar surface area (TPSA) is 45.2 Å². The molecule has 1 unspecified atom stereocenters. The molecule has 1 aliphatic rings. The molecular weight excluding hydrogens is 306 g/mol. The first-order chi connectivity index (χ1) is 11.1. The summed E-state index contributed by atoms with van der Waals surface area (Å²) in [6, 6.07) is 8.66. The Hall–Kier alpha value is -1.88. The van der Waals surface area contributed by atoms with Crippen molar-refractivity contribution < 1.29 is 4.79 Å². The average molecular weight is 329 g/mol. The first-order valence-corrected chi connectivity index (χ1v) is 8.91. The van der Waals surface area contributed by atoms with Gasteiger partial charge in [0.1, 0.15) is 4.88 Å². The third-order valence-corrected chi connectivity index (χ3v) is 5.59. The van der Waals surface area contributed by atoms with Crippen molar-refractivity contribution in [2.75, 3.05) is 25.5 Å². The van der Waals surface area contributed by atoms with Crippen molar-refractivity contribution in [1.82, 2.24) is 9.88 Å². The van der Waals surface area contributed by atoms with Crippen LogP contribution >= 0.6 is 11.3 Å². The number of aromatic nitrogens is 1. The molecule has 1 atom stereocenters. The molecule has 1 saturated heterocycles. The van der Waals surface area contributed by atoms with Crippen LogP contribution in [0.3, 0.4) is 0 Å². The van der Waals surface area contributed by atoms with Crippen molar-refractivity contribution in [1.29, 1.82) is 0 Å². The minimum absolute atomic E-state index is 0.124. The van der Waals surface area contributed by atoms with Crippen LogP contribution in [0.1, 0.15) is 45.3 Å². The predicted molar refractivity (Wildman–Crippen MR) is 95.5 cm³/mol. The third-order valence-electron chi connectivity index (χ3n) is 4.43. The van der Waals surface area contributed by atoms with Gasteiger partial charge in [0, 0.05) is 26.1 Å². The highest BCUT2D eigenvalue weighted by atomic mass is 32.1. The highest BCUT2D eigenvalue weighted by Crippen LogP contribution is 2.30. The van der Waals surface area contributed by atoms with Gasteiger partial charge in [0.15, 0.2) is 5.13 Å². The second kappa shape index (κ2) is 6.71. The highest BCUT2D eigenvalue weighted by Gasteiger charge is 2.27. The quantitative estimate of drug-likeness (QED) is 0.931. The lowest BCUT2D eigenvalue weighted by atomic mass is 9.90. The highest BCUT2D eigenvalue weighted by molar-refractivity contribution is 7.17. The molecule has 0 bridgehead atoms. The number of piperidine rings is 1. The summed E-state index contributed by atoms with van der Waals surface area (Å²) in [5.41, 5.74) is 3.45. The van der Waals surface area contributed by atoms with Crippen LogP contribution in [0.4, 0.5) is 5.13 Å². The van der Waals surface area contributed by atoms with Crippen molar-refractivity contribution >= 4 is 22.4 Å². The summed E-state index contributed by atoms with van der Waals surface area (Å²) >= 11 is 1.45. The van der Waals surface area contributed by atoms with E-state index in [-0.39, 0.29) is 5.91 Å². The van der Waals surface area contributed by atoms with E-state index in [4.69, 9.17) is 0 Å². The Morgan fingerprint density at radius 2 is 2.22 bits per heavy atom. The van der Waals surface area contributed by atoms with Crippen LogP contribution in [-0.2, 0) is 0 Å². The van der Waals surface area contributed by atoms with Gasteiger partial charge in [0.25, 0.3) is 5.91 Å². The summed E-state index contributed by atoms with van der Waals surface area (Å²) in [4.78, 5) is 20.0. The summed E-state index contributed by atoms with van der Waals surface area (Å²) in [6.07, 6.45) is 2.21. The number of aryl methyl sites for hydroxylation is 2. The van der Waals surface area contributed by atoms with E-state index in [0.29, 0.717) is 5.92 Å². The summed E-state index contributed by atoms with van der Waals surface area (Å²) in [7, 11) is 1.83. The van der Waals surface area contributed by atoms with Gasteiger partial charge in [0.05, 0.1) is 5.69 Å². The maximum absolute atomic E-state index is 12.9. The number of amides is 1. The fourth-order valence-corrected chi connectivity index (χ4v) is 4.09. The molecule has 23 heavy (non-hydrogen) atoms. The standard InChI is InChI=1S/C18H23N3OS/c1-12-6-4-7-14(10-12)15-8-5-9-21(11-15)17(22)16-13(2)20-18(19-3)23-16/h4,6-7,10,15H,5,8-9,11H2,1-3H3,(H,19,20). The summed E-state index contributed by atoms with van der Waals surface area (Å²) in [5, 5.41) is 3.83. The van der Waals surface area contributed by atoms with Gasteiger partial charge in [0.2, 0.25) is 0 Å². The summed E-state index contributed by atoms with van der Waals surface area (Å²) < 4.78 is 0. The smallest absolute Gasteiger partial charge is 0.265 e. The predicted octanol–water partition coefficient (Wildman–Crippen LogP) is 3.82. The number of benzene rings is 1. The molecular formula is C18H23N3OS. The van der Waals surface area contributed by atoms with Gasteiger partial charge < -0.3 is 10.2 Å². The Balaban J connectivity index is 1.77. The van der Waals surface area contributed by atoms with Crippen LogP contribution in [0, 0.1) is 13.8 Å². The van der Waals surface area contributed by atoms with E-state index in [9.17, 15) is 4.79 Å². The minimum Gasteiger partial charge on any atom is -0.365 e. The molecule has 0 saturated carbocycles. The normalized spacial score (nSPS) is 18.0. The number of likely N-dealkylation sites (tertiary alicyclic amines) is 1. The number of thiazole rings is 1.